The highest BCUT2D eigenvalue weighted by Gasteiger charge is 2.27. The molecule has 24 heavy (non-hydrogen) atoms. The largest absolute Gasteiger partial charge is 0.349 e. The average Bonchev–Trinajstić information content (AvgIpc) is 3.12. The van der Waals surface area contributed by atoms with Gasteiger partial charge in [-0.25, -0.2) is 8.42 Å². The minimum absolute atomic E-state index is 0.111. The first kappa shape index (κ1) is 17.4. The monoisotopic (exact) mass is 350 g/mol. The molecule has 1 aromatic rings. The number of hydrogen-bond acceptors (Lipinski definition) is 3. The van der Waals surface area contributed by atoms with Crippen LogP contribution in [0.4, 0.5) is 0 Å². The molecule has 1 aliphatic carbocycles. The van der Waals surface area contributed by atoms with E-state index >= 15 is 0 Å². The number of amides is 1. The van der Waals surface area contributed by atoms with E-state index in [4.69, 9.17) is 0 Å². The van der Waals surface area contributed by atoms with Gasteiger partial charge in [-0.1, -0.05) is 6.92 Å². The lowest BCUT2D eigenvalue weighted by molar-refractivity contribution is 0.0923. The van der Waals surface area contributed by atoms with E-state index < -0.39 is 10.0 Å². The first-order valence-electron chi connectivity index (χ1n) is 8.88. The molecule has 0 aromatic heterocycles. The van der Waals surface area contributed by atoms with Crippen molar-refractivity contribution in [1.29, 1.82) is 0 Å². The summed E-state index contributed by atoms with van der Waals surface area (Å²) in [5, 5.41) is 3.07. The topological polar surface area (TPSA) is 66.5 Å². The van der Waals surface area contributed by atoms with Crippen LogP contribution in [-0.2, 0) is 10.0 Å². The predicted octanol–water partition coefficient (Wildman–Crippen LogP) is 2.78. The van der Waals surface area contributed by atoms with Crippen molar-refractivity contribution >= 4 is 15.9 Å². The summed E-state index contributed by atoms with van der Waals surface area (Å²) in [6.45, 7) is 3.42. The summed E-state index contributed by atoms with van der Waals surface area (Å²) in [4.78, 5) is 12.6. The van der Waals surface area contributed by atoms with Gasteiger partial charge in [-0.05, 0) is 68.7 Å². The zero-order valence-electron chi connectivity index (χ0n) is 14.2. The average molecular weight is 350 g/mol. The summed E-state index contributed by atoms with van der Waals surface area (Å²) in [6, 6.07) is 6.56. The molecule has 1 aromatic carbocycles. The quantitative estimate of drug-likeness (QED) is 0.908. The third-order valence-electron chi connectivity index (χ3n) is 5.17. The maximum atomic E-state index is 12.5. The molecule has 2 aliphatic rings. The van der Waals surface area contributed by atoms with E-state index in [1.165, 1.54) is 4.31 Å². The molecule has 0 radical (unpaired) electrons. The number of carbonyl (C=O) groups is 1. The summed E-state index contributed by atoms with van der Waals surface area (Å²) in [5.41, 5.74) is 0.522. The van der Waals surface area contributed by atoms with Crippen LogP contribution in [0.25, 0.3) is 0 Å². The zero-order valence-corrected chi connectivity index (χ0v) is 15.0. The Morgan fingerprint density at radius 1 is 1.04 bits per heavy atom. The van der Waals surface area contributed by atoms with Crippen molar-refractivity contribution in [3.63, 3.8) is 0 Å². The highest BCUT2D eigenvalue weighted by atomic mass is 32.2. The molecule has 0 spiro atoms. The van der Waals surface area contributed by atoms with Gasteiger partial charge in [0.05, 0.1) is 4.90 Å². The first-order chi connectivity index (χ1) is 11.5. The minimum Gasteiger partial charge on any atom is -0.349 e. The van der Waals surface area contributed by atoms with E-state index in [0.29, 0.717) is 18.7 Å². The van der Waals surface area contributed by atoms with Crippen molar-refractivity contribution in [2.75, 3.05) is 13.1 Å². The second kappa shape index (κ2) is 7.23. The van der Waals surface area contributed by atoms with Gasteiger partial charge in [0.25, 0.3) is 5.91 Å². The molecule has 1 saturated heterocycles. The fourth-order valence-electron chi connectivity index (χ4n) is 3.53. The Bertz CT molecular complexity index is 671. The van der Waals surface area contributed by atoms with Crippen LogP contribution in [-0.4, -0.2) is 37.8 Å². The summed E-state index contributed by atoms with van der Waals surface area (Å²) in [6.07, 6.45) is 6.18. The summed E-state index contributed by atoms with van der Waals surface area (Å²) in [7, 11) is -3.41. The van der Waals surface area contributed by atoms with Crippen LogP contribution in [0.3, 0.4) is 0 Å². The zero-order chi connectivity index (χ0) is 17.2. The van der Waals surface area contributed by atoms with Crippen molar-refractivity contribution in [2.45, 2.75) is 56.4 Å². The van der Waals surface area contributed by atoms with E-state index in [-0.39, 0.29) is 16.8 Å². The van der Waals surface area contributed by atoms with Gasteiger partial charge in [0.1, 0.15) is 0 Å². The van der Waals surface area contributed by atoms with Crippen LogP contribution in [0, 0.1) is 5.92 Å². The van der Waals surface area contributed by atoms with Gasteiger partial charge in [-0.15, -0.1) is 0 Å². The molecule has 0 unspecified atom stereocenters. The van der Waals surface area contributed by atoms with E-state index in [2.05, 4.69) is 12.2 Å². The van der Waals surface area contributed by atoms with Crippen LogP contribution in [0.5, 0.6) is 0 Å². The Labute approximate surface area is 144 Å². The van der Waals surface area contributed by atoms with Gasteiger partial charge in [0.2, 0.25) is 10.0 Å². The summed E-state index contributed by atoms with van der Waals surface area (Å²) >= 11 is 0. The molecule has 5 nitrogen and oxygen atoms in total. The molecule has 1 aliphatic heterocycles. The number of rotatable bonds is 4. The number of nitrogens with one attached hydrogen (secondary N) is 1. The van der Waals surface area contributed by atoms with Gasteiger partial charge in [0.15, 0.2) is 0 Å². The van der Waals surface area contributed by atoms with Crippen LogP contribution >= 0.6 is 0 Å². The van der Waals surface area contributed by atoms with Crippen molar-refractivity contribution < 1.29 is 13.2 Å². The van der Waals surface area contributed by atoms with Gasteiger partial charge < -0.3 is 5.32 Å². The summed E-state index contributed by atoms with van der Waals surface area (Å²) in [5.74, 6) is 0.632. The normalized spacial score (nSPS) is 25.5. The molecule has 1 heterocycles. The third kappa shape index (κ3) is 3.81. The Balaban J connectivity index is 1.64. The fraction of sp³-hybridized carbons (Fsp3) is 0.611. The Morgan fingerprint density at radius 3 is 2.21 bits per heavy atom. The number of carbonyl (C=O) groups excluding carboxylic acids is 1. The van der Waals surface area contributed by atoms with Crippen LogP contribution in [0.15, 0.2) is 29.2 Å². The SMILES string of the molecule is CC1CCC(NC(=O)c2ccc(S(=O)(=O)N3CCCC3)cc2)CC1. The molecule has 1 saturated carbocycles. The highest BCUT2D eigenvalue weighted by molar-refractivity contribution is 7.89. The molecule has 3 rings (SSSR count). The number of sulfonamides is 1. The van der Waals surface area contributed by atoms with Crippen LogP contribution in [0.2, 0.25) is 0 Å². The van der Waals surface area contributed by atoms with E-state index in [9.17, 15) is 13.2 Å². The van der Waals surface area contributed by atoms with Crippen molar-refractivity contribution in [3.05, 3.63) is 29.8 Å². The molecule has 2 fully saturated rings. The second-order valence-corrected chi connectivity index (χ2v) is 9.00. The van der Waals surface area contributed by atoms with E-state index in [0.717, 1.165) is 44.4 Å². The molecule has 1 amide bonds. The van der Waals surface area contributed by atoms with Gasteiger partial charge in [-0.3, -0.25) is 4.79 Å². The lowest BCUT2D eigenvalue weighted by Crippen LogP contribution is -2.37. The van der Waals surface area contributed by atoms with Gasteiger partial charge in [0, 0.05) is 24.7 Å². The van der Waals surface area contributed by atoms with Gasteiger partial charge >= 0.3 is 0 Å². The third-order valence-corrected chi connectivity index (χ3v) is 7.08. The van der Waals surface area contributed by atoms with E-state index in [1.54, 1.807) is 24.3 Å². The number of benzene rings is 1. The fourth-order valence-corrected chi connectivity index (χ4v) is 5.05. The lowest BCUT2D eigenvalue weighted by Gasteiger charge is -2.26. The molecule has 1 N–H and O–H groups in total. The van der Waals surface area contributed by atoms with Crippen LogP contribution < -0.4 is 5.32 Å². The maximum Gasteiger partial charge on any atom is 0.251 e. The minimum atomic E-state index is -3.41. The molecule has 0 atom stereocenters. The molecule has 0 bridgehead atoms. The Hall–Kier alpha value is -1.40. The van der Waals surface area contributed by atoms with E-state index in [1.807, 2.05) is 0 Å². The molecular weight excluding hydrogens is 324 g/mol. The second-order valence-electron chi connectivity index (χ2n) is 7.07. The smallest absolute Gasteiger partial charge is 0.251 e. The number of hydrogen-bond donors (Lipinski definition) is 1. The van der Waals surface area contributed by atoms with Gasteiger partial charge in [-0.2, -0.15) is 4.31 Å². The van der Waals surface area contributed by atoms with Crippen molar-refractivity contribution in [2.24, 2.45) is 5.92 Å². The standard InChI is InChI=1S/C18H26N2O3S/c1-14-4-8-16(9-5-14)19-18(21)15-6-10-17(11-7-15)24(22,23)20-12-2-3-13-20/h6-7,10-11,14,16H,2-5,8-9,12-13H2,1H3,(H,19,21). The highest BCUT2D eigenvalue weighted by Crippen LogP contribution is 2.24. The van der Waals surface area contributed by atoms with Crippen molar-refractivity contribution in [1.82, 2.24) is 9.62 Å². The maximum absolute atomic E-state index is 12.5. The Morgan fingerprint density at radius 2 is 1.62 bits per heavy atom. The molecule has 132 valence electrons. The van der Waals surface area contributed by atoms with Crippen LogP contribution in [0.1, 0.15) is 55.8 Å². The van der Waals surface area contributed by atoms with Crippen molar-refractivity contribution in [3.8, 4) is 0 Å². The lowest BCUT2D eigenvalue weighted by atomic mass is 9.87. The first-order valence-corrected chi connectivity index (χ1v) is 10.3. The summed E-state index contributed by atoms with van der Waals surface area (Å²) < 4.78 is 26.5. The molecule has 6 heteroatoms. The molecular formula is C18H26N2O3S. The Kier molecular flexibility index (Phi) is 5.25. The predicted molar refractivity (Wildman–Crippen MR) is 93.3 cm³/mol. The number of nitrogens with zero attached hydrogens (tertiary/aromatic N) is 1.